The van der Waals surface area contributed by atoms with Crippen molar-refractivity contribution in [3.8, 4) is 22.4 Å². The van der Waals surface area contributed by atoms with Gasteiger partial charge in [0.15, 0.2) is 0 Å². The molecule has 1 heterocycles. The summed E-state index contributed by atoms with van der Waals surface area (Å²) in [5.41, 5.74) is 6.28. The topological polar surface area (TPSA) is 42.4 Å². The second-order valence-corrected chi connectivity index (χ2v) is 10.8. The van der Waals surface area contributed by atoms with Gasteiger partial charge in [-0.05, 0) is 80.5 Å². The smallest absolute Gasteiger partial charge is 0.309 e. The van der Waals surface area contributed by atoms with E-state index in [1.165, 1.54) is 16.7 Å². The van der Waals surface area contributed by atoms with Gasteiger partial charge in [0.25, 0.3) is 0 Å². The molecule has 0 aliphatic rings. The third kappa shape index (κ3) is 5.68. The number of nitrogens with zero attached hydrogens (tertiary/aromatic N) is 1. The van der Waals surface area contributed by atoms with Crippen molar-refractivity contribution in [2.45, 2.75) is 72.0 Å². The molecule has 0 atom stereocenters. The lowest BCUT2D eigenvalue weighted by Crippen LogP contribution is -2.49. The first-order chi connectivity index (χ1) is 14.8. The molecule has 0 spiro atoms. The van der Waals surface area contributed by atoms with Crippen molar-refractivity contribution in [1.29, 1.82) is 0 Å². The highest BCUT2D eigenvalue weighted by molar-refractivity contribution is 6.47. The molecule has 1 N–H and O–H groups in total. The van der Waals surface area contributed by atoms with Crippen LogP contribution in [0.5, 0.6) is 0 Å². The number of aromatic nitrogens is 1. The highest BCUT2D eigenvalue weighted by atomic mass is 16.5. The van der Waals surface area contributed by atoms with Crippen molar-refractivity contribution >= 4 is 12.9 Å². The normalized spacial score (nSPS) is 12.7. The predicted molar refractivity (Wildman–Crippen MR) is 137 cm³/mol. The van der Waals surface area contributed by atoms with Gasteiger partial charge in [0.1, 0.15) is 0 Å². The Hall–Kier alpha value is -2.43. The van der Waals surface area contributed by atoms with Crippen molar-refractivity contribution in [1.82, 2.24) is 4.98 Å². The molecule has 0 aliphatic carbocycles. The molecule has 0 unspecified atom stereocenters. The van der Waals surface area contributed by atoms with Crippen LogP contribution >= 0.6 is 0 Å². The zero-order valence-corrected chi connectivity index (χ0v) is 20.8. The molecule has 3 aromatic rings. The lowest BCUT2D eigenvalue weighted by Gasteiger charge is -2.37. The van der Waals surface area contributed by atoms with Gasteiger partial charge < -0.3 is 9.76 Å². The summed E-state index contributed by atoms with van der Waals surface area (Å²) >= 11 is 0. The van der Waals surface area contributed by atoms with Crippen LogP contribution < -0.4 is 5.46 Å². The van der Waals surface area contributed by atoms with E-state index in [1.54, 1.807) is 13.8 Å². The zero-order valence-electron chi connectivity index (χ0n) is 20.8. The first-order valence-corrected chi connectivity index (χ1v) is 11.3. The van der Waals surface area contributed by atoms with Crippen molar-refractivity contribution in [2.24, 2.45) is 0 Å². The second kappa shape index (κ2) is 8.84. The van der Waals surface area contributed by atoms with Gasteiger partial charge in [0.05, 0.1) is 16.9 Å². The Morgan fingerprint density at radius 3 is 2.03 bits per heavy atom. The number of aryl methyl sites for hydroxylation is 1. The second-order valence-electron chi connectivity index (χ2n) is 10.8. The summed E-state index contributed by atoms with van der Waals surface area (Å²) in [6.07, 6.45) is 1.88. The van der Waals surface area contributed by atoms with E-state index < -0.39 is 11.2 Å². The van der Waals surface area contributed by atoms with E-state index in [-0.39, 0.29) is 5.41 Å². The summed E-state index contributed by atoms with van der Waals surface area (Å²) in [5.74, 6) is 0. The number of hydrogen-bond donors (Lipinski definition) is 1. The van der Waals surface area contributed by atoms with Crippen molar-refractivity contribution in [2.75, 3.05) is 0 Å². The molecule has 3 nitrogen and oxygen atoms in total. The molecule has 0 amide bonds. The fraction of sp³-hybridized carbons (Fsp3) is 0.393. The molecule has 0 fully saturated rings. The van der Waals surface area contributed by atoms with E-state index in [9.17, 15) is 5.11 Å². The van der Waals surface area contributed by atoms with Crippen molar-refractivity contribution in [3.05, 3.63) is 71.9 Å². The Morgan fingerprint density at radius 2 is 1.44 bits per heavy atom. The average Bonchev–Trinajstić information content (AvgIpc) is 2.71. The van der Waals surface area contributed by atoms with Gasteiger partial charge in [-0.3, -0.25) is 4.98 Å². The lowest BCUT2D eigenvalue weighted by molar-refractivity contribution is -0.0893. The molecule has 0 radical (unpaired) electrons. The third-order valence-corrected chi connectivity index (χ3v) is 6.37. The SMILES string of the molecule is Cc1ccc(-c2ccnc(-c3cc(BOC(C)(C)C(C)(C)O)cc(C(C)(C)C)c3)c2)cc1. The first kappa shape index (κ1) is 24.2. The molecule has 2 aromatic carbocycles. The van der Waals surface area contributed by atoms with Gasteiger partial charge in [-0.2, -0.15) is 0 Å². The molecule has 4 heteroatoms. The van der Waals surface area contributed by atoms with E-state index in [4.69, 9.17) is 4.65 Å². The molecule has 0 saturated carbocycles. The van der Waals surface area contributed by atoms with Crippen LogP contribution in [0, 0.1) is 6.92 Å². The van der Waals surface area contributed by atoms with Crippen LogP contribution in [0.4, 0.5) is 0 Å². The summed E-state index contributed by atoms with van der Waals surface area (Å²) in [7, 11) is 0.422. The number of rotatable bonds is 6. The predicted octanol–water partition coefficient (Wildman–Crippen LogP) is 5.56. The van der Waals surface area contributed by atoms with Gasteiger partial charge in [0.2, 0.25) is 0 Å². The average molecular weight is 429 g/mol. The highest BCUT2D eigenvalue weighted by Gasteiger charge is 2.35. The Balaban J connectivity index is 2.00. The Kier molecular flexibility index (Phi) is 6.69. The van der Waals surface area contributed by atoms with Crippen molar-refractivity contribution in [3.63, 3.8) is 0 Å². The van der Waals surface area contributed by atoms with E-state index in [0.29, 0.717) is 7.48 Å². The van der Waals surface area contributed by atoms with Crippen LogP contribution in [0.2, 0.25) is 0 Å². The van der Waals surface area contributed by atoms with Crippen molar-refractivity contribution < 1.29 is 9.76 Å². The highest BCUT2D eigenvalue weighted by Crippen LogP contribution is 2.29. The molecule has 0 saturated heterocycles. The number of benzene rings is 2. The van der Waals surface area contributed by atoms with Crippen LogP contribution in [0.15, 0.2) is 60.8 Å². The number of aliphatic hydroxyl groups is 1. The van der Waals surface area contributed by atoms with Gasteiger partial charge in [0, 0.05) is 6.20 Å². The largest absolute Gasteiger partial charge is 0.427 e. The summed E-state index contributed by atoms with van der Waals surface area (Å²) in [5, 5.41) is 10.5. The standard InChI is InChI=1S/C28H36BNO2/c1-19-9-11-20(12-10-19)21-13-14-30-25(17-21)22-15-23(26(2,3)4)18-24(16-22)29-32-28(7,8)27(5,6)31/h9-18,29,31H,1-8H3. The molecular weight excluding hydrogens is 393 g/mol. The molecule has 168 valence electrons. The fourth-order valence-electron chi connectivity index (χ4n) is 3.31. The minimum Gasteiger partial charge on any atom is -0.427 e. The third-order valence-electron chi connectivity index (χ3n) is 6.37. The van der Waals surface area contributed by atoms with E-state index in [0.717, 1.165) is 22.3 Å². The van der Waals surface area contributed by atoms with Gasteiger partial charge in [-0.15, -0.1) is 0 Å². The lowest BCUT2D eigenvalue weighted by atomic mass is 9.77. The summed E-state index contributed by atoms with van der Waals surface area (Å²) in [4.78, 5) is 4.68. The maximum atomic E-state index is 10.5. The molecule has 0 aliphatic heterocycles. The van der Waals surface area contributed by atoms with Gasteiger partial charge in [-0.1, -0.05) is 68.2 Å². The number of hydrogen-bond acceptors (Lipinski definition) is 3. The quantitative estimate of drug-likeness (QED) is 0.522. The minimum absolute atomic E-state index is 0.00883. The van der Waals surface area contributed by atoms with Crippen LogP contribution in [-0.2, 0) is 10.1 Å². The molecule has 3 rings (SSSR count). The first-order valence-electron chi connectivity index (χ1n) is 11.3. The summed E-state index contributed by atoms with van der Waals surface area (Å²) < 4.78 is 6.17. The van der Waals surface area contributed by atoms with E-state index >= 15 is 0 Å². The Morgan fingerprint density at radius 1 is 0.781 bits per heavy atom. The van der Waals surface area contributed by atoms with E-state index in [1.807, 2.05) is 20.0 Å². The van der Waals surface area contributed by atoms with Gasteiger partial charge in [-0.25, -0.2) is 0 Å². The van der Waals surface area contributed by atoms with Gasteiger partial charge >= 0.3 is 7.48 Å². The monoisotopic (exact) mass is 429 g/mol. The van der Waals surface area contributed by atoms with Crippen LogP contribution in [0.25, 0.3) is 22.4 Å². The Labute approximate surface area is 194 Å². The minimum atomic E-state index is -0.943. The maximum Gasteiger partial charge on any atom is 0.309 e. The molecule has 32 heavy (non-hydrogen) atoms. The van der Waals surface area contributed by atoms with E-state index in [2.05, 4.69) is 87.3 Å². The maximum absolute atomic E-state index is 10.5. The molecular formula is C28H36BNO2. The van der Waals surface area contributed by atoms with Crippen LogP contribution in [0.3, 0.4) is 0 Å². The molecule has 0 bridgehead atoms. The Bertz CT molecular complexity index is 1070. The summed E-state index contributed by atoms with van der Waals surface area (Å²) in [6, 6.07) is 19.4. The number of pyridine rings is 1. The van der Waals surface area contributed by atoms with Crippen LogP contribution in [0.1, 0.15) is 59.6 Å². The molecule has 1 aromatic heterocycles. The van der Waals surface area contributed by atoms with Crippen LogP contribution in [-0.4, -0.2) is 28.8 Å². The summed E-state index contributed by atoms with van der Waals surface area (Å²) in [6.45, 7) is 16.2. The fourth-order valence-corrected chi connectivity index (χ4v) is 3.31. The zero-order chi connectivity index (χ0) is 23.7.